The van der Waals surface area contributed by atoms with Crippen LogP contribution < -0.4 is 5.43 Å². The van der Waals surface area contributed by atoms with Crippen molar-refractivity contribution in [2.75, 3.05) is 19.6 Å². The number of rotatable bonds is 4. The van der Waals surface area contributed by atoms with Crippen LogP contribution in [0.4, 0.5) is 10.6 Å². The fourth-order valence-electron chi connectivity index (χ4n) is 3.50. The largest absolute Gasteiger partial charge is 0.453 e. The summed E-state index contributed by atoms with van der Waals surface area (Å²) < 4.78 is 6.39. The van der Waals surface area contributed by atoms with Gasteiger partial charge in [-0.2, -0.15) is 5.10 Å². The third kappa shape index (κ3) is 3.33. The highest BCUT2D eigenvalue weighted by Gasteiger charge is 2.20. The first kappa shape index (κ1) is 18.7. The molecule has 0 atom stereocenters. The number of amides is 1. The van der Waals surface area contributed by atoms with Gasteiger partial charge in [-0.15, -0.1) is 0 Å². The Labute approximate surface area is 158 Å². The van der Waals surface area contributed by atoms with Crippen molar-refractivity contribution in [3.05, 3.63) is 47.0 Å². The predicted molar refractivity (Wildman–Crippen MR) is 105 cm³/mol. The lowest BCUT2D eigenvalue weighted by Gasteiger charge is -2.19. The number of hydrazine groups is 1. The Bertz CT molecular complexity index is 987. The number of methoxy groups -OCH3 is 1. The van der Waals surface area contributed by atoms with E-state index in [1.54, 1.807) is 4.68 Å². The van der Waals surface area contributed by atoms with Crippen molar-refractivity contribution in [3.8, 4) is 11.1 Å². The summed E-state index contributed by atoms with van der Waals surface area (Å²) >= 11 is 0. The summed E-state index contributed by atoms with van der Waals surface area (Å²) in [6.45, 7) is 6.32. The molecule has 1 heterocycles. The fraction of sp³-hybridized carbons (Fsp3) is 0.300. The first-order valence-electron chi connectivity index (χ1n) is 8.60. The Balaban J connectivity index is 2.16. The van der Waals surface area contributed by atoms with Crippen LogP contribution >= 0.6 is 0 Å². The summed E-state index contributed by atoms with van der Waals surface area (Å²) in [6.07, 6.45) is -0.659. The van der Waals surface area contributed by atoms with Crippen LogP contribution in [0.2, 0.25) is 0 Å². The van der Waals surface area contributed by atoms with Crippen molar-refractivity contribution in [2.45, 2.75) is 20.8 Å². The monoisotopic (exact) mass is 368 g/mol. The van der Waals surface area contributed by atoms with Crippen LogP contribution in [-0.4, -0.2) is 35.3 Å². The molecular formula is C20H24N4O3. The number of fused-ring (bicyclic) bond motifs is 1. The van der Waals surface area contributed by atoms with E-state index in [-0.39, 0.29) is 0 Å². The molecule has 7 nitrogen and oxygen atoms in total. The van der Waals surface area contributed by atoms with Crippen LogP contribution in [0.1, 0.15) is 16.7 Å². The first-order chi connectivity index (χ1) is 12.9. The van der Waals surface area contributed by atoms with E-state index in [9.17, 15) is 4.79 Å². The van der Waals surface area contributed by atoms with Crippen LogP contribution in [0.3, 0.4) is 0 Å². The fourth-order valence-corrected chi connectivity index (χ4v) is 3.50. The number of benzene rings is 2. The van der Waals surface area contributed by atoms with E-state index < -0.39 is 6.09 Å². The molecule has 0 fully saturated rings. The molecule has 0 spiro atoms. The molecule has 142 valence electrons. The molecule has 0 radical (unpaired) electrons. The van der Waals surface area contributed by atoms with E-state index >= 15 is 0 Å². The van der Waals surface area contributed by atoms with E-state index in [1.807, 2.05) is 19.2 Å². The summed E-state index contributed by atoms with van der Waals surface area (Å²) in [4.78, 5) is 16.9. The molecule has 27 heavy (non-hydrogen) atoms. The zero-order valence-electron chi connectivity index (χ0n) is 16.5. The van der Waals surface area contributed by atoms with Gasteiger partial charge in [-0.25, -0.2) is 4.79 Å². The number of nitrogens with zero attached hydrogens (tertiary/aromatic N) is 3. The lowest BCUT2D eigenvalue weighted by atomic mass is 9.92. The van der Waals surface area contributed by atoms with Crippen LogP contribution in [0, 0.1) is 20.8 Å². The van der Waals surface area contributed by atoms with Crippen molar-refractivity contribution in [1.29, 1.82) is 0 Å². The molecule has 1 amide bonds. The second kappa shape index (κ2) is 7.28. The Hall–Kier alpha value is -3.06. The standard InChI is InChI=1S/C20H24N4O3/c1-12-10-13(2)17(14(3)11-12)15-8-7-9-16-18(15)21-23(4)19(16)22-24(27-6)20(25)26-5/h7-11,22H,1-6H3. The number of aryl methyl sites for hydroxylation is 4. The topological polar surface area (TPSA) is 68.6 Å². The zero-order chi connectivity index (χ0) is 19.7. The van der Waals surface area contributed by atoms with Crippen molar-refractivity contribution in [3.63, 3.8) is 0 Å². The van der Waals surface area contributed by atoms with Crippen LogP contribution in [-0.2, 0) is 16.6 Å². The summed E-state index contributed by atoms with van der Waals surface area (Å²) in [7, 11) is 4.48. The summed E-state index contributed by atoms with van der Waals surface area (Å²) in [5.41, 5.74) is 9.63. The number of ether oxygens (including phenoxy) is 1. The van der Waals surface area contributed by atoms with E-state index in [1.165, 1.54) is 36.5 Å². The number of carbonyl (C=O) groups is 1. The first-order valence-corrected chi connectivity index (χ1v) is 8.60. The van der Waals surface area contributed by atoms with Crippen molar-refractivity contribution in [2.24, 2.45) is 7.05 Å². The minimum atomic E-state index is -0.659. The molecule has 3 rings (SSSR count). The van der Waals surface area contributed by atoms with E-state index in [0.29, 0.717) is 5.82 Å². The maximum atomic E-state index is 11.8. The molecule has 3 aromatic rings. The van der Waals surface area contributed by atoms with Gasteiger partial charge in [0, 0.05) is 18.0 Å². The molecule has 0 saturated heterocycles. The Kier molecular flexibility index (Phi) is 5.05. The molecule has 0 unspecified atom stereocenters. The highest BCUT2D eigenvalue weighted by Crippen LogP contribution is 2.35. The lowest BCUT2D eigenvalue weighted by Crippen LogP contribution is -2.35. The summed E-state index contributed by atoms with van der Waals surface area (Å²) in [5, 5.41) is 6.48. The Morgan fingerprint density at radius 3 is 2.41 bits per heavy atom. The van der Waals surface area contributed by atoms with Crippen molar-refractivity contribution < 1.29 is 14.4 Å². The van der Waals surface area contributed by atoms with Gasteiger partial charge < -0.3 is 4.74 Å². The average molecular weight is 368 g/mol. The highest BCUT2D eigenvalue weighted by atomic mass is 16.7. The maximum absolute atomic E-state index is 11.8. The smallest absolute Gasteiger partial charge is 0.450 e. The minimum absolute atomic E-state index is 0.626. The summed E-state index contributed by atoms with van der Waals surface area (Å²) in [5.74, 6) is 0.626. The van der Waals surface area contributed by atoms with E-state index in [2.05, 4.69) is 49.5 Å². The van der Waals surface area contributed by atoms with Crippen LogP contribution in [0.15, 0.2) is 30.3 Å². The molecule has 0 bridgehead atoms. The van der Waals surface area contributed by atoms with E-state index in [0.717, 1.165) is 21.6 Å². The zero-order valence-corrected chi connectivity index (χ0v) is 16.5. The average Bonchev–Trinajstić information content (AvgIpc) is 2.94. The molecule has 1 N–H and O–H groups in total. The van der Waals surface area contributed by atoms with Crippen molar-refractivity contribution >= 4 is 22.8 Å². The quantitative estimate of drug-likeness (QED) is 0.702. The van der Waals surface area contributed by atoms with Gasteiger partial charge in [0.15, 0.2) is 5.82 Å². The van der Waals surface area contributed by atoms with Gasteiger partial charge in [0.05, 0.1) is 14.2 Å². The third-order valence-electron chi connectivity index (χ3n) is 4.54. The SMILES string of the molecule is COC(=O)N(Nc1c2cccc(-c3c(C)cc(C)cc3C)c2nn1C)OC. The minimum Gasteiger partial charge on any atom is -0.450 e. The van der Waals surface area contributed by atoms with Crippen LogP contribution in [0.5, 0.6) is 0 Å². The molecule has 0 saturated carbocycles. The second-order valence-electron chi connectivity index (χ2n) is 6.51. The highest BCUT2D eigenvalue weighted by molar-refractivity contribution is 6.01. The van der Waals surface area contributed by atoms with Gasteiger partial charge in [0.25, 0.3) is 0 Å². The number of hydroxylamine groups is 1. The van der Waals surface area contributed by atoms with Gasteiger partial charge in [0.1, 0.15) is 5.52 Å². The van der Waals surface area contributed by atoms with Gasteiger partial charge in [0.2, 0.25) is 0 Å². The number of hydrogen-bond acceptors (Lipinski definition) is 5. The molecule has 0 aliphatic carbocycles. The number of aromatic nitrogens is 2. The van der Waals surface area contributed by atoms with Gasteiger partial charge in [-0.3, -0.25) is 14.9 Å². The normalized spacial score (nSPS) is 10.9. The molecule has 7 heteroatoms. The molecule has 0 aliphatic heterocycles. The predicted octanol–water partition coefficient (Wildman–Crippen LogP) is 4.12. The Morgan fingerprint density at radius 2 is 1.81 bits per heavy atom. The second-order valence-corrected chi connectivity index (χ2v) is 6.51. The maximum Gasteiger partial charge on any atom is 0.453 e. The van der Waals surface area contributed by atoms with Crippen LogP contribution in [0.25, 0.3) is 22.0 Å². The van der Waals surface area contributed by atoms with E-state index in [4.69, 9.17) is 9.57 Å². The van der Waals surface area contributed by atoms with Gasteiger partial charge in [-0.05, 0) is 43.5 Å². The molecule has 1 aromatic heterocycles. The molecule has 0 aliphatic rings. The Morgan fingerprint density at radius 1 is 1.15 bits per heavy atom. The molecule has 2 aromatic carbocycles. The van der Waals surface area contributed by atoms with Gasteiger partial charge in [-0.1, -0.05) is 35.0 Å². The lowest BCUT2D eigenvalue weighted by molar-refractivity contribution is -0.0874. The van der Waals surface area contributed by atoms with Crippen molar-refractivity contribution in [1.82, 2.24) is 15.0 Å². The number of anilines is 1. The van der Waals surface area contributed by atoms with Gasteiger partial charge >= 0.3 is 6.09 Å². The molecular weight excluding hydrogens is 344 g/mol. The third-order valence-corrected chi connectivity index (χ3v) is 4.54. The number of hydrogen-bond donors (Lipinski definition) is 1. The number of carbonyl (C=O) groups excluding carboxylic acids is 1. The number of nitrogens with one attached hydrogen (secondary N) is 1. The summed E-state index contributed by atoms with van der Waals surface area (Å²) in [6, 6.07) is 10.4.